The van der Waals surface area contributed by atoms with Gasteiger partial charge in [0.2, 0.25) is 12.2 Å². The maximum Gasteiger partial charge on any atom is 0.213 e. The van der Waals surface area contributed by atoms with E-state index in [4.69, 9.17) is 16.3 Å². The number of hydrogen-bond donors (Lipinski definition) is 1. The van der Waals surface area contributed by atoms with Gasteiger partial charge in [-0.25, -0.2) is 0 Å². The lowest BCUT2D eigenvalue weighted by atomic mass is 10.2. The monoisotopic (exact) mass is 281 g/mol. The zero-order valence-electron chi connectivity index (χ0n) is 10.7. The van der Waals surface area contributed by atoms with E-state index >= 15 is 0 Å². The third kappa shape index (κ3) is 3.94. The lowest BCUT2D eigenvalue weighted by molar-refractivity contribution is 0.283. The van der Waals surface area contributed by atoms with Gasteiger partial charge in [-0.05, 0) is 25.1 Å². The Balaban J connectivity index is 2.03. The summed E-state index contributed by atoms with van der Waals surface area (Å²) in [6.45, 7) is 4.00. The van der Waals surface area contributed by atoms with Crippen molar-refractivity contribution in [3.8, 4) is 5.75 Å². The molecule has 0 unspecified atom stereocenters. The average Bonchev–Trinajstić information content (AvgIpc) is 2.92. The van der Waals surface area contributed by atoms with Crippen molar-refractivity contribution in [1.82, 2.24) is 15.5 Å². The number of ether oxygens (including phenoxy) is 1. The number of rotatable bonds is 7. The lowest BCUT2D eigenvalue weighted by Gasteiger charge is -2.12. The molecule has 0 amide bonds. The van der Waals surface area contributed by atoms with Gasteiger partial charge in [0, 0.05) is 17.1 Å². The highest BCUT2D eigenvalue weighted by Gasteiger charge is 2.09. The van der Waals surface area contributed by atoms with Crippen molar-refractivity contribution in [2.45, 2.75) is 26.5 Å². The largest absolute Gasteiger partial charge is 0.485 e. The molecule has 0 fully saturated rings. The van der Waals surface area contributed by atoms with Gasteiger partial charge < -0.3 is 14.6 Å². The van der Waals surface area contributed by atoms with Gasteiger partial charge in [0.25, 0.3) is 0 Å². The number of halogens is 1. The van der Waals surface area contributed by atoms with Gasteiger partial charge in [0.15, 0.2) is 6.61 Å². The Bertz CT molecular complexity index is 503. The van der Waals surface area contributed by atoms with Gasteiger partial charge in [0.1, 0.15) is 5.75 Å². The second-order valence-electron chi connectivity index (χ2n) is 4.03. The standard InChI is InChI=1S/C13H16ClN3O2/c1-2-6-15-7-10-11(14)4-3-5-12(10)18-8-13-16-9-19-17-13/h3-5,9,15H,2,6-8H2,1H3. The van der Waals surface area contributed by atoms with Crippen LogP contribution < -0.4 is 10.1 Å². The number of hydrogen-bond acceptors (Lipinski definition) is 5. The van der Waals surface area contributed by atoms with Crippen LogP contribution in [0.25, 0.3) is 0 Å². The smallest absolute Gasteiger partial charge is 0.213 e. The number of nitrogens with one attached hydrogen (secondary N) is 1. The first-order valence-corrected chi connectivity index (χ1v) is 6.55. The van der Waals surface area contributed by atoms with Gasteiger partial charge in [0.05, 0.1) is 0 Å². The lowest BCUT2D eigenvalue weighted by Crippen LogP contribution is -2.15. The van der Waals surface area contributed by atoms with Crippen LogP contribution in [0.4, 0.5) is 0 Å². The zero-order valence-corrected chi connectivity index (χ0v) is 11.5. The fourth-order valence-electron chi connectivity index (χ4n) is 1.63. The summed E-state index contributed by atoms with van der Waals surface area (Å²) in [7, 11) is 0. The minimum Gasteiger partial charge on any atom is -0.485 e. The highest BCUT2D eigenvalue weighted by molar-refractivity contribution is 6.31. The zero-order chi connectivity index (χ0) is 13.5. The molecule has 0 aliphatic carbocycles. The van der Waals surface area contributed by atoms with Crippen molar-refractivity contribution in [2.75, 3.05) is 6.54 Å². The van der Waals surface area contributed by atoms with E-state index in [0.717, 1.165) is 24.3 Å². The molecule has 0 aliphatic rings. The van der Waals surface area contributed by atoms with Crippen molar-refractivity contribution in [3.63, 3.8) is 0 Å². The summed E-state index contributed by atoms with van der Waals surface area (Å²) in [6.07, 6.45) is 2.35. The van der Waals surface area contributed by atoms with Crippen LogP contribution in [0.1, 0.15) is 24.7 Å². The number of benzene rings is 1. The molecule has 0 bridgehead atoms. The molecule has 0 aliphatic heterocycles. The van der Waals surface area contributed by atoms with Crippen molar-refractivity contribution < 1.29 is 9.26 Å². The SMILES string of the molecule is CCCNCc1c(Cl)cccc1OCc1ncon1. The second kappa shape index (κ2) is 7.11. The van der Waals surface area contributed by atoms with Crippen LogP contribution in [0.15, 0.2) is 29.1 Å². The Kier molecular flexibility index (Phi) is 5.18. The molecule has 19 heavy (non-hydrogen) atoms. The van der Waals surface area contributed by atoms with Crippen LogP contribution in [0.5, 0.6) is 5.75 Å². The third-order valence-corrected chi connectivity index (χ3v) is 2.92. The highest BCUT2D eigenvalue weighted by atomic mass is 35.5. The van der Waals surface area contributed by atoms with E-state index in [-0.39, 0.29) is 6.61 Å². The number of aromatic nitrogens is 2. The van der Waals surface area contributed by atoms with Crippen LogP contribution in [0, 0.1) is 0 Å². The molecule has 2 aromatic rings. The van der Waals surface area contributed by atoms with Gasteiger partial charge in [-0.2, -0.15) is 4.98 Å². The predicted octanol–water partition coefficient (Wildman–Crippen LogP) is 2.80. The highest BCUT2D eigenvalue weighted by Crippen LogP contribution is 2.26. The summed E-state index contributed by atoms with van der Waals surface area (Å²) in [4.78, 5) is 3.91. The van der Waals surface area contributed by atoms with Crippen molar-refractivity contribution in [3.05, 3.63) is 41.0 Å². The molecule has 1 aromatic heterocycles. The maximum absolute atomic E-state index is 6.20. The molecule has 1 aromatic carbocycles. The van der Waals surface area contributed by atoms with Gasteiger partial charge in [-0.3, -0.25) is 0 Å². The normalized spacial score (nSPS) is 10.6. The van der Waals surface area contributed by atoms with E-state index in [0.29, 0.717) is 17.4 Å². The van der Waals surface area contributed by atoms with Gasteiger partial charge >= 0.3 is 0 Å². The van der Waals surface area contributed by atoms with E-state index in [1.807, 2.05) is 18.2 Å². The van der Waals surface area contributed by atoms with Crippen LogP contribution >= 0.6 is 11.6 Å². The van der Waals surface area contributed by atoms with Crippen molar-refractivity contribution in [2.24, 2.45) is 0 Å². The summed E-state index contributed by atoms with van der Waals surface area (Å²) >= 11 is 6.20. The van der Waals surface area contributed by atoms with Crippen LogP contribution in [-0.4, -0.2) is 16.7 Å². The molecule has 5 nitrogen and oxygen atoms in total. The van der Waals surface area contributed by atoms with Gasteiger partial charge in [-0.1, -0.05) is 29.7 Å². The average molecular weight is 282 g/mol. The van der Waals surface area contributed by atoms with E-state index in [1.54, 1.807) is 0 Å². The first kappa shape index (κ1) is 13.8. The molecule has 0 radical (unpaired) electrons. The molecule has 2 rings (SSSR count). The Morgan fingerprint density at radius 2 is 2.32 bits per heavy atom. The van der Waals surface area contributed by atoms with Crippen LogP contribution in [0.2, 0.25) is 5.02 Å². The summed E-state index contributed by atoms with van der Waals surface area (Å²) < 4.78 is 10.3. The van der Waals surface area contributed by atoms with Crippen LogP contribution in [-0.2, 0) is 13.2 Å². The summed E-state index contributed by atoms with van der Waals surface area (Å²) in [5.74, 6) is 1.24. The summed E-state index contributed by atoms with van der Waals surface area (Å²) in [5.41, 5.74) is 0.945. The van der Waals surface area contributed by atoms with Crippen molar-refractivity contribution in [1.29, 1.82) is 0 Å². The van der Waals surface area contributed by atoms with E-state index in [2.05, 4.69) is 26.9 Å². The molecule has 1 heterocycles. The van der Waals surface area contributed by atoms with E-state index in [9.17, 15) is 0 Å². The molecular formula is C13H16ClN3O2. The first-order chi connectivity index (χ1) is 9.31. The Morgan fingerprint density at radius 3 is 3.05 bits per heavy atom. The summed E-state index contributed by atoms with van der Waals surface area (Å²) in [6, 6.07) is 5.60. The molecule has 1 N–H and O–H groups in total. The first-order valence-electron chi connectivity index (χ1n) is 6.17. The molecule has 0 saturated carbocycles. The predicted molar refractivity (Wildman–Crippen MR) is 72.1 cm³/mol. The fourth-order valence-corrected chi connectivity index (χ4v) is 1.87. The molecule has 102 valence electrons. The Morgan fingerprint density at radius 1 is 1.42 bits per heavy atom. The third-order valence-electron chi connectivity index (χ3n) is 2.57. The Hall–Kier alpha value is -1.59. The molecule has 0 spiro atoms. The van der Waals surface area contributed by atoms with Crippen molar-refractivity contribution >= 4 is 11.6 Å². The van der Waals surface area contributed by atoms with Gasteiger partial charge in [-0.15, -0.1) is 0 Å². The quantitative estimate of drug-likeness (QED) is 0.791. The molecule has 0 saturated heterocycles. The maximum atomic E-state index is 6.20. The molecule has 0 atom stereocenters. The Labute approximate surface area is 116 Å². The minimum absolute atomic E-state index is 0.262. The van der Waals surface area contributed by atoms with E-state index in [1.165, 1.54) is 6.39 Å². The molecule has 6 heteroatoms. The fraction of sp³-hybridized carbons (Fsp3) is 0.385. The second-order valence-corrected chi connectivity index (χ2v) is 4.44. The molecular weight excluding hydrogens is 266 g/mol. The van der Waals surface area contributed by atoms with Crippen LogP contribution in [0.3, 0.4) is 0 Å². The number of nitrogens with zero attached hydrogens (tertiary/aromatic N) is 2. The summed E-state index contributed by atoms with van der Waals surface area (Å²) in [5, 5.41) is 7.70. The topological polar surface area (TPSA) is 60.2 Å². The minimum atomic E-state index is 0.262. The van der Waals surface area contributed by atoms with E-state index < -0.39 is 0 Å².